The first-order chi connectivity index (χ1) is 15.1. The van der Waals surface area contributed by atoms with E-state index in [4.69, 9.17) is 4.99 Å². The Morgan fingerprint density at radius 3 is 2.32 bits per heavy atom. The first-order valence-corrected chi connectivity index (χ1v) is 12.2. The Morgan fingerprint density at radius 1 is 1.00 bits per heavy atom. The summed E-state index contributed by atoms with van der Waals surface area (Å²) in [5.74, 6) is 0.881. The van der Waals surface area contributed by atoms with E-state index in [1.165, 1.54) is 43.2 Å². The third-order valence-electron chi connectivity index (χ3n) is 6.98. The van der Waals surface area contributed by atoms with Crippen molar-refractivity contribution in [1.29, 1.82) is 0 Å². The Morgan fingerprint density at radius 2 is 1.68 bits per heavy atom. The summed E-state index contributed by atoms with van der Waals surface area (Å²) < 4.78 is 0. The molecule has 1 saturated heterocycles. The summed E-state index contributed by atoms with van der Waals surface area (Å²) in [5, 5.41) is 16.5. The summed E-state index contributed by atoms with van der Waals surface area (Å²) in [6, 6.07) is 8.93. The number of aliphatic hydroxyl groups excluding tert-OH is 1. The maximum absolute atomic E-state index is 9.56. The van der Waals surface area contributed by atoms with Crippen LogP contribution in [0.25, 0.3) is 0 Å². The fraction of sp³-hybridized carbons (Fsp3) is 0.720. The molecule has 1 saturated carbocycles. The highest BCUT2D eigenvalue weighted by Crippen LogP contribution is 2.38. The van der Waals surface area contributed by atoms with Crippen LogP contribution in [0.4, 0.5) is 0 Å². The molecule has 0 bridgehead atoms. The first-order valence-electron chi connectivity index (χ1n) is 12.2. The van der Waals surface area contributed by atoms with Crippen molar-refractivity contribution in [3.63, 3.8) is 0 Å². The lowest BCUT2D eigenvalue weighted by atomic mass is 9.72. The fourth-order valence-electron chi connectivity index (χ4n) is 4.85. The molecule has 2 aliphatic rings. The van der Waals surface area contributed by atoms with E-state index < -0.39 is 0 Å². The van der Waals surface area contributed by atoms with Crippen molar-refractivity contribution in [2.45, 2.75) is 58.5 Å². The van der Waals surface area contributed by atoms with Crippen LogP contribution < -0.4 is 10.6 Å². The highest BCUT2D eigenvalue weighted by Gasteiger charge is 2.31. The molecule has 0 amide bonds. The Balaban J connectivity index is 1.52. The fourth-order valence-corrected chi connectivity index (χ4v) is 4.85. The van der Waals surface area contributed by atoms with Crippen molar-refractivity contribution in [2.24, 2.45) is 10.4 Å². The van der Waals surface area contributed by atoms with Gasteiger partial charge in [-0.1, -0.05) is 43.5 Å². The van der Waals surface area contributed by atoms with Gasteiger partial charge in [-0.2, -0.15) is 0 Å². The summed E-state index contributed by atoms with van der Waals surface area (Å²) in [6.45, 7) is 10.5. The largest absolute Gasteiger partial charge is 0.396 e. The van der Waals surface area contributed by atoms with Gasteiger partial charge in [0.2, 0.25) is 0 Å². The normalized spacial score (nSPS) is 20.5. The molecular weight excluding hydrogens is 386 g/mol. The van der Waals surface area contributed by atoms with Crippen molar-refractivity contribution >= 4 is 5.96 Å². The minimum Gasteiger partial charge on any atom is -0.396 e. The van der Waals surface area contributed by atoms with Gasteiger partial charge in [-0.15, -0.1) is 0 Å². The van der Waals surface area contributed by atoms with Gasteiger partial charge >= 0.3 is 0 Å². The van der Waals surface area contributed by atoms with Gasteiger partial charge in [-0.25, -0.2) is 4.99 Å². The molecule has 31 heavy (non-hydrogen) atoms. The number of rotatable bonds is 9. The topological polar surface area (TPSA) is 63.1 Å². The second kappa shape index (κ2) is 12.4. The SMILES string of the molecule is CCNC(=NCc1ccc(CN2CCN(C)CC2)cc1)NCC1(CCO)CCCCC1. The molecule has 3 rings (SSSR count). The molecule has 0 spiro atoms. The Bertz CT molecular complexity index is 655. The highest BCUT2D eigenvalue weighted by molar-refractivity contribution is 5.79. The molecule has 174 valence electrons. The molecule has 1 heterocycles. The number of nitrogens with one attached hydrogen (secondary N) is 2. The van der Waals surface area contributed by atoms with Gasteiger partial charge in [0.15, 0.2) is 5.96 Å². The average molecular weight is 430 g/mol. The predicted octanol–water partition coefficient (Wildman–Crippen LogP) is 2.82. The third kappa shape index (κ3) is 7.78. The molecular formula is C25H43N5O. The summed E-state index contributed by atoms with van der Waals surface area (Å²) in [7, 11) is 2.20. The molecule has 0 unspecified atom stereocenters. The smallest absolute Gasteiger partial charge is 0.191 e. The quantitative estimate of drug-likeness (QED) is 0.416. The first kappa shape index (κ1) is 24.0. The van der Waals surface area contributed by atoms with E-state index in [-0.39, 0.29) is 12.0 Å². The second-order valence-electron chi connectivity index (χ2n) is 9.48. The summed E-state index contributed by atoms with van der Waals surface area (Å²) >= 11 is 0. The van der Waals surface area contributed by atoms with Crippen molar-refractivity contribution in [2.75, 3.05) is 52.9 Å². The van der Waals surface area contributed by atoms with Gasteiger partial charge in [0.1, 0.15) is 0 Å². The Labute approximate surface area is 189 Å². The van der Waals surface area contributed by atoms with Gasteiger partial charge in [-0.3, -0.25) is 4.90 Å². The van der Waals surface area contributed by atoms with Crippen LogP contribution in [0.3, 0.4) is 0 Å². The lowest BCUT2D eigenvalue weighted by molar-refractivity contribution is 0.131. The molecule has 0 radical (unpaired) electrons. The molecule has 1 aliphatic heterocycles. The minimum atomic E-state index is 0.216. The molecule has 1 aliphatic carbocycles. The zero-order valence-electron chi connectivity index (χ0n) is 19.7. The van der Waals surface area contributed by atoms with Crippen LogP contribution >= 0.6 is 0 Å². The number of benzene rings is 1. The zero-order valence-corrected chi connectivity index (χ0v) is 19.7. The van der Waals surface area contributed by atoms with E-state index in [2.05, 4.69) is 58.7 Å². The summed E-state index contributed by atoms with van der Waals surface area (Å²) in [5.41, 5.74) is 2.83. The van der Waals surface area contributed by atoms with Crippen LogP contribution in [0.1, 0.15) is 56.6 Å². The van der Waals surface area contributed by atoms with Crippen molar-refractivity contribution in [1.82, 2.24) is 20.4 Å². The molecule has 6 heteroatoms. The standard InChI is InChI=1S/C25H43N5O/c1-3-26-24(28-21-25(13-18-31)11-5-4-6-12-25)27-19-22-7-9-23(10-8-22)20-30-16-14-29(2)15-17-30/h7-10,31H,3-6,11-21H2,1-2H3,(H2,26,27,28). The molecule has 2 fully saturated rings. The van der Waals surface area contributed by atoms with E-state index in [1.807, 2.05) is 0 Å². The zero-order chi connectivity index (χ0) is 21.9. The minimum absolute atomic E-state index is 0.216. The van der Waals surface area contributed by atoms with Crippen molar-refractivity contribution in [3.05, 3.63) is 35.4 Å². The van der Waals surface area contributed by atoms with Crippen molar-refractivity contribution in [3.8, 4) is 0 Å². The number of likely N-dealkylation sites (N-methyl/N-ethyl adjacent to an activating group) is 1. The van der Waals surface area contributed by atoms with Gasteiger partial charge in [0.25, 0.3) is 0 Å². The van der Waals surface area contributed by atoms with Crippen LogP contribution in [-0.2, 0) is 13.1 Å². The summed E-state index contributed by atoms with van der Waals surface area (Å²) in [6.07, 6.45) is 7.16. The average Bonchev–Trinajstić information content (AvgIpc) is 2.79. The summed E-state index contributed by atoms with van der Waals surface area (Å²) in [4.78, 5) is 9.76. The van der Waals surface area contributed by atoms with Crippen LogP contribution in [0.15, 0.2) is 29.3 Å². The van der Waals surface area contributed by atoms with Crippen LogP contribution in [0.2, 0.25) is 0 Å². The van der Waals surface area contributed by atoms with E-state index in [9.17, 15) is 5.11 Å². The van der Waals surface area contributed by atoms with E-state index in [0.717, 1.165) is 58.2 Å². The van der Waals surface area contributed by atoms with Gasteiger partial charge in [-0.05, 0) is 49.8 Å². The number of hydrogen-bond acceptors (Lipinski definition) is 4. The Kier molecular flexibility index (Phi) is 9.62. The maximum atomic E-state index is 9.56. The number of guanidine groups is 1. The molecule has 1 aromatic carbocycles. The van der Waals surface area contributed by atoms with Gasteiger partial charge in [0, 0.05) is 52.4 Å². The lowest BCUT2D eigenvalue weighted by Crippen LogP contribution is -2.44. The highest BCUT2D eigenvalue weighted by atomic mass is 16.3. The number of aliphatic imine (C=N–C) groups is 1. The molecule has 0 atom stereocenters. The van der Waals surface area contributed by atoms with Gasteiger partial charge < -0.3 is 20.6 Å². The van der Waals surface area contributed by atoms with E-state index in [0.29, 0.717) is 6.54 Å². The van der Waals surface area contributed by atoms with E-state index in [1.54, 1.807) is 0 Å². The third-order valence-corrected chi connectivity index (χ3v) is 6.98. The lowest BCUT2D eigenvalue weighted by Gasteiger charge is -2.37. The number of hydrogen-bond donors (Lipinski definition) is 3. The molecule has 6 nitrogen and oxygen atoms in total. The number of piperazine rings is 1. The van der Waals surface area contributed by atoms with Gasteiger partial charge in [0.05, 0.1) is 6.54 Å². The monoisotopic (exact) mass is 429 g/mol. The second-order valence-corrected chi connectivity index (χ2v) is 9.48. The van der Waals surface area contributed by atoms with Crippen LogP contribution in [0, 0.1) is 5.41 Å². The van der Waals surface area contributed by atoms with E-state index >= 15 is 0 Å². The predicted molar refractivity (Wildman–Crippen MR) is 129 cm³/mol. The van der Waals surface area contributed by atoms with Crippen LogP contribution in [0.5, 0.6) is 0 Å². The molecule has 3 N–H and O–H groups in total. The molecule has 1 aromatic rings. The van der Waals surface area contributed by atoms with Crippen LogP contribution in [-0.4, -0.2) is 73.8 Å². The molecule has 0 aromatic heterocycles. The van der Waals surface area contributed by atoms with Crippen molar-refractivity contribution < 1.29 is 5.11 Å². The Hall–Kier alpha value is -1.63. The number of aliphatic hydroxyl groups is 1. The number of nitrogens with zero attached hydrogens (tertiary/aromatic N) is 3. The maximum Gasteiger partial charge on any atom is 0.191 e.